The molecule has 0 fully saturated rings. The number of ether oxygens (including phenoxy) is 1. The van der Waals surface area contributed by atoms with Crippen molar-refractivity contribution in [1.82, 2.24) is 0 Å². The van der Waals surface area contributed by atoms with Gasteiger partial charge >= 0.3 is 5.97 Å². The van der Waals surface area contributed by atoms with Crippen molar-refractivity contribution in [1.29, 1.82) is 0 Å². The van der Waals surface area contributed by atoms with Crippen LogP contribution in [0.4, 0.5) is 0 Å². The molecule has 0 bridgehead atoms. The van der Waals surface area contributed by atoms with Crippen molar-refractivity contribution < 1.29 is 9.53 Å². The van der Waals surface area contributed by atoms with Crippen LogP contribution in [-0.2, 0) is 9.53 Å². The van der Waals surface area contributed by atoms with Crippen LogP contribution in [-0.4, -0.2) is 21.2 Å². The molecule has 0 radical (unpaired) electrons. The quantitative estimate of drug-likeness (QED) is 0.281. The summed E-state index contributed by atoms with van der Waals surface area (Å²) in [5.41, 5.74) is 3.39. The van der Waals surface area contributed by atoms with Crippen molar-refractivity contribution in [2.24, 2.45) is 11.8 Å². The van der Waals surface area contributed by atoms with E-state index in [4.69, 9.17) is 0 Å². The molecule has 0 saturated carbocycles. The molecular formula is C21H32O2Si. The minimum absolute atomic E-state index is 0.149. The van der Waals surface area contributed by atoms with E-state index in [-0.39, 0.29) is 5.97 Å². The van der Waals surface area contributed by atoms with E-state index >= 15 is 0 Å². The largest absolute Gasteiger partial charge is 0.469 e. The van der Waals surface area contributed by atoms with Gasteiger partial charge in [-0.1, -0.05) is 63.6 Å². The lowest BCUT2D eigenvalue weighted by molar-refractivity contribution is -0.140. The molecule has 132 valence electrons. The zero-order valence-electron chi connectivity index (χ0n) is 16.1. The Morgan fingerprint density at radius 2 is 1.92 bits per heavy atom. The van der Waals surface area contributed by atoms with Gasteiger partial charge in [0.05, 0.1) is 7.11 Å². The van der Waals surface area contributed by atoms with Gasteiger partial charge in [-0.2, -0.15) is 0 Å². The van der Waals surface area contributed by atoms with Gasteiger partial charge in [-0.05, 0) is 24.8 Å². The second kappa shape index (κ2) is 12.7. The van der Waals surface area contributed by atoms with Crippen molar-refractivity contribution in [2.45, 2.75) is 59.2 Å². The number of carbonyl (C=O) groups excluding carboxylic acids is 1. The zero-order valence-corrected chi connectivity index (χ0v) is 17.1. The maximum absolute atomic E-state index is 11.0. The standard InChI is InChI=1S/C21H32O2Si/c1-19(15-11-17-21(22)23-3)13-9-7-8-10-14-20(2)16-12-18-24(4,5)6/h7-8,10,14,19-20H,11,15-17H2,1-6H3/b8-7+,14-10+/t19-,20-/m0/s1. The summed E-state index contributed by atoms with van der Waals surface area (Å²) in [6, 6.07) is 0. The summed E-state index contributed by atoms with van der Waals surface area (Å²) >= 11 is 0. The van der Waals surface area contributed by atoms with E-state index in [1.165, 1.54) is 7.11 Å². The molecule has 0 unspecified atom stereocenters. The molecule has 0 aliphatic rings. The van der Waals surface area contributed by atoms with Gasteiger partial charge in [-0.15, -0.1) is 11.5 Å². The number of carbonyl (C=O) groups is 1. The molecular weight excluding hydrogens is 312 g/mol. The smallest absolute Gasteiger partial charge is 0.305 e. The fourth-order valence-corrected chi connectivity index (χ4v) is 2.45. The maximum atomic E-state index is 11.0. The number of methoxy groups -OCH3 is 1. The Morgan fingerprint density at radius 1 is 1.21 bits per heavy atom. The summed E-state index contributed by atoms with van der Waals surface area (Å²) < 4.78 is 4.62. The van der Waals surface area contributed by atoms with E-state index in [1.54, 1.807) is 0 Å². The molecule has 0 N–H and O–H groups in total. The van der Waals surface area contributed by atoms with Crippen LogP contribution in [0.1, 0.15) is 39.5 Å². The number of allylic oxidation sites excluding steroid dienone is 4. The summed E-state index contributed by atoms with van der Waals surface area (Å²) in [6.45, 7) is 11.0. The second-order valence-electron chi connectivity index (χ2n) is 7.14. The van der Waals surface area contributed by atoms with Gasteiger partial charge in [-0.25, -0.2) is 0 Å². The predicted molar refractivity (Wildman–Crippen MR) is 106 cm³/mol. The molecule has 0 saturated heterocycles. The fourth-order valence-electron chi connectivity index (χ4n) is 1.82. The molecule has 0 heterocycles. The van der Waals surface area contributed by atoms with Gasteiger partial charge in [0.15, 0.2) is 0 Å². The number of rotatable bonds is 7. The third-order valence-electron chi connectivity index (χ3n) is 3.19. The first-order valence-corrected chi connectivity index (χ1v) is 12.2. The molecule has 3 heteroatoms. The Hall–Kier alpha value is -1.71. The van der Waals surface area contributed by atoms with Crippen LogP contribution in [0.25, 0.3) is 0 Å². The Balaban J connectivity index is 4.06. The molecule has 0 rings (SSSR count). The van der Waals surface area contributed by atoms with E-state index in [9.17, 15) is 4.79 Å². The summed E-state index contributed by atoms with van der Waals surface area (Å²) in [5.74, 6) is 10.1. The van der Waals surface area contributed by atoms with Gasteiger partial charge in [0, 0.05) is 18.8 Å². The number of esters is 1. The molecule has 0 aromatic heterocycles. The molecule has 2 nitrogen and oxygen atoms in total. The van der Waals surface area contributed by atoms with E-state index in [2.05, 4.69) is 67.6 Å². The average Bonchev–Trinajstić information content (AvgIpc) is 2.49. The predicted octanol–water partition coefficient (Wildman–Crippen LogP) is 4.99. The van der Waals surface area contributed by atoms with Crippen LogP contribution in [0.3, 0.4) is 0 Å². The Morgan fingerprint density at radius 3 is 2.54 bits per heavy atom. The SMILES string of the molecule is COC(=O)CCC[C@@H](C)C#C/C=C/C=C/[C@H](C)CC#C[Si](C)(C)C. The van der Waals surface area contributed by atoms with Gasteiger partial charge in [0.2, 0.25) is 0 Å². The highest BCUT2D eigenvalue weighted by Gasteiger charge is 2.07. The molecule has 0 spiro atoms. The van der Waals surface area contributed by atoms with Crippen molar-refractivity contribution in [3.05, 3.63) is 24.3 Å². The molecule has 2 atom stereocenters. The van der Waals surface area contributed by atoms with Crippen LogP contribution >= 0.6 is 0 Å². The Bertz CT molecular complexity index is 544. The lowest BCUT2D eigenvalue weighted by Gasteiger charge is -2.04. The first-order valence-electron chi connectivity index (χ1n) is 8.66. The van der Waals surface area contributed by atoms with Crippen molar-refractivity contribution in [3.8, 4) is 23.3 Å². The third kappa shape index (κ3) is 15.2. The first-order chi connectivity index (χ1) is 11.2. The van der Waals surface area contributed by atoms with Gasteiger partial charge < -0.3 is 4.74 Å². The second-order valence-corrected chi connectivity index (χ2v) is 11.9. The van der Waals surface area contributed by atoms with E-state index in [0.29, 0.717) is 18.3 Å². The Kier molecular flexibility index (Phi) is 11.8. The van der Waals surface area contributed by atoms with Gasteiger partial charge in [0.25, 0.3) is 0 Å². The lowest BCUT2D eigenvalue weighted by atomic mass is 10.0. The molecule has 0 aromatic rings. The molecule has 0 amide bonds. The molecule has 0 aromatic carbocycles. The van der Waals surface area contributed by atoms with Crippen molar-refractivity contribution in [2.75, 3.05) is 7.11 Å². The normalized spacial score (nSPS) is 13.8. The van der Waals surface area contributed by atoms with Crippen molar-refractivity contribution >= 4 is 14.0 Å². The topological polar surface area (TPSA) is 26.3 Å². The Labute approximate surface area is 149 Å². The first kappa shape index (κ1) is 22.3. The summed E-state index contributed by atoms with van der Waals surface area (Å²) in [4.78, 5) is 11.0. The minimum Gasteiger partial charge on any atom is -0.469 e. The minimum atomic E-state index is -1.25. The van der Waals surface area contributed by atoms with Gasteiger partial charge in [0.1, 0.15) is 8.07 Å². The van der Waals surface area contributed by atoms with Crippen LogP contribution < -0.4 is 0 Å². The molecule has 0 aliphatic heterocycles. The average molecular weight is 345 g/mol. The number of hydrogen-bond acceptors (Lipinski definition) is 2. The third-order valence-corrected chi connectivity index (χ3v) is 4.12. The van der Waals surface area contributed by atoms with Crippen LogP contribution in [0.5, 0.6) is 0 Å². The summed E-state index contributed by atoms with van der Waals surface area (Å²) in [6.07, 6.45) is 11.2. The monoisotopic (exact) mass is 344 g/mol. The van der Waals surface area contributed by atoms with E-state index < -0.39 is 8.07 Å². The van der Waals surface area contributed by atoms with Crippen LogP contribution in [0, 0.1) is 35.1 Å². The highest BCUT2D eigenvalue weighted by molar-refractivity contribution is 6.83. The van der Waals surface area contributed by atoms with Crippen LogP contribution in [0.2, 0.25) is 19.6 Å². The molecule has 24 heavy (non-hydrogen) atoms. The molecule has 0 aliphatic carbocycles. The highest BCUT2D eigenvalue weighted by atomic mass is 28.3. The van der Waals surface area contributed by atoms with E-state index in [1.807, 2.05) is 18.2 Å². The number of hydrogen-bond donors (Lipinski definition) is 0. The van der Waals surface area contributed by atoms with Crippen LogP contribution in [0.15, 0.2) is 24.3 Å². The summed E-state index contributed by atoms with van der Waals surface area (Å²) in [7, 11) is 0.175. The highest BCUT2D eigenvalue weighted by Crippen LogP contribution is 2.07. The fraction of sp³-hybridized carbons (Fsp3) is 0.571. The maximum Gasteiger partial charge on any atom is 0.305 e. The zero-order chi connectivity index (χ0) is 18.4. The lowest BCUT2D eigenvalue weighted by Crippen LogP contribution is -2.16. The summed E-state index contributed by atoms with van der Waals surface area (Å²) in [5, 5.41) is 0. The van der Waals surface area contributed by atoms with Crippen molar-refractivity contribution in [3.63, 3.8) is 0 Å². The van der Waals surface area contributed by atoms with Gasteiger partial charge in [-0.3, -0.25) is 4.79 Å². The van der Waals surface area contributed by atoms with E-state index in [0.717, 1.165) is 19.3 Å².